The molecule has 1 aliphatic carbocycles. The van der Waals surface area contributed by atoms with Crippen molar-refractivity contribution in [2.75, 3.05) is 13.1 Å². The van der Waals surface area contributed by atoms with Crippen molar-refractivity contribution in [3.8, 4) is 0 Å². The van der Waals surface area contributed by atoms with E-state index in [9.17, 15) is 9.59 Å². The number of nitrogens with one attached hydrogen (secondary N) is 2. The topological polar surface area (TPSA) is 70.7 Å². The third-order valence-corrected chi connectivity index (χ3v) is 4.97. The Kier molecular flexibility index (Phi) is 5.19. The maximum atomic E-state index is 12.7. The Morgan fingerprint density at radius 3 is 2.00 bits per heavy atom. The minimum absolute atomic E-state index is 0.0751. The Labute approximate surface area is 145 Å². The van der Waals surface area contributed by atoms with Gasteiger partial charge >= 0.3 is 6.09 Å². The first-order chi connectivity index (χ1) is 10.9. The number of ether oxygens (including phenoxy) is 1. The highest BCUT2D eigenvalue weighted by atomic mass is 16.6. The highest BCUT2D eigenvalue weighted by Crippen LogP contribution is 2.37. The van der Waals surface area contributed by atoms with Crippen LogP contribution in [-0.4, -0.2) is 52.7 Å². The van der Waals surface area contributed by atoms with Crippen LogP contribution in [0.3, 0.4) is 0 Å². The minimum atomic E-state index is -0.777. The van der Waals surface area contributed by atoms with E-state index in [0.717, 1.165) is 25.9 Å². The van der Waals surface area contributed by atoms with Gasteiger partial charge in [-0.3, -0.25) is 4.79 Å². The lowest BCUT2D eigenvalue weighted by molar-refractivity contribution is -0.126. The first-order valence-electron chi connectivity index (χ1n) is 9.03. The summed E-state index contributed by atoms with van der Waals surface area (Å²) in [6.07, 6.45) is 2.69. The van der Waals surface area contributed by atoms with E-state index >= 15 is 0 Å². The van der Waals surface area contributed by atoms with Crippen molar-refractivity contribution in [2.24, 2.45) is 0 Å². The van der Waals surface area contributed by atoms with Gasteiger partial charge in [-0.15, -0.1) is 0 Å². The third kappa shape index (κ3) is 4.85. The molecule has 1 heterocycles. The fraction of sp³-hybridized carbons (Fsp3) is 0.889. The second kappa shape index (κ2) is 6.54. The van der Waals surface area contributed by atoms with Crippen LogP contribution in [-0.2, 0) is 9.53 Å². The second-order valence-corrected chi connectivity index (χ2v) is 8.85. The molecular formula is C18H33N3O3. The standard InChI is InChI=1S/C18H33N3O3/c1-13(2)21-11-9-17(6,10-12-21)19-14(22)18(7-8-18)20-15(23)24-16(3,4)5/h13H,7-12H2,1-6H3,(H,19,22)(H,20,23). The van der Waals surface area contributed by atoms with Crippen LogP contribution < -0.4 is 10.6 Å². The van der Waals surface area contributed by atoms with Crippen molar-refractivity contribution >= 4 is 12.0 Å². The number of carbonyl (C=O) groups excluding carboxylic acids is 2. The molecule has 2 amide bonds. The summed E-state index contributed by atoms with van der Waals surface area (Å²) in [5, 5.41) is 5.96. The first-order valence-corrected chi connectivity index (χ1v) is 9.03. The predicted molar refractivity (Wildman–Crippen MR) is 93.8 cm³/mol. The minimum Gasteiger partial charge on any atom is -0.444 e. The van der Waals surface area contributed by atoms with Gasteiger partial charge in [0, 0.05) is 24.7 Å². The van der Waals surface area contributed by atoms with E-state index in [4.69, 9.17) is 4.74 Å². The number of amides is 2. The van der Waals surface area contributed by atoms with Crippen LogP contribution in [0, 0.1) is 0 Å². The summed E-state index contributed by atoms with van der Waals surface area (Å²) in [4.78, 5) is 27.1. The van der Waals surface area contributed by atoms with E-state index in [1.807, 2.05) is 20.8 Å². The number of nitrogens with zero attached hydrogens (tertiary/aromatic N) is 1. The van der Waals surface area contributed by atoms with Crippen molar-refractivity contribution in [3.63, 3.8) is 0 Å². The van der Waals surface area contributed by atoms with Crippen molar-refractivity contribution in [2.45, 2.75) is 89.9 Å². The zero-order valence-electron chi connectivity index (χ0n) is 16.0. The molecule has 0 aromatic heterocycles. The number of rotatable bonds is 4. The fourth-order valence-corrected chi connectivity index (χ4v) is 3.09. The largest absolute Gasteiger partial charge is 0.444 e. The maximum Gasteiger partial charge on any atom is 0.408 e. The van der Waals surface area contributed by atoms with E-state index in [0.29, 0.717) is 18.9 Å². The number of likely N-dealkylation sites (tertiary alicyclic amines) is 1. The molecule has 1 aliphatic heterocycles. The van der Waals surface area contributed by atoms with Gasteiger partial charge in [-0.25, -0.2) is 4.79 Å². The van der Waals surface area contributed by atoms with E-state index in [1.54, 1.807) is 0 Å². The molecule has 1 saturated heterocycles. The van der Waals surface area contributed by atoms with E-state index < -0.39 is 17.2 Å². The smallest absolute Gasteiger partial charge is 0.408 e. The molecule has 2 aliphatic rings. The Balaban J connectivity index is 1.89. The molecule has 24 heavy (non-hydrogen) atoms. The summed E-state index contributed by atoms with van der Waals surface area (Å²) in [7, 11) is 0. The molecule has 0 bridgehead atoms. The Morgan fingerprint density at radius 1 is 1.04 bits per heavy atom. The van der Waals surface area contributed by atoms with E-state index in [1.165, 1.54) is 0 Å². The normalized spacial score (nSPS) is 22.8. The molecule has 2 fully saturated rings. The highest BCUT2D eigenvalue weighted by Gasteiger charge is 2.53. The summed E-state index contributed by atoms with van der Waals surface area (Å²) in [6, 6.07) is 0.536. The Hall–Kier alpha value is -1.30. The van der Waals surface area contributed by atoms with Crippen molar-refractivity contribution in [1.82, 2.24) is 15.5 Å². The molecule has 0 radical (unpaired) electrons. The molecule has 6 nitrogen and oxygen atoms in total. The van der Waals surface area contributed by atoms with Crippen LogP contribution in [0.4, 0.5) is 4.79 Å². The molecule has 0 aromatic carbocycles. The molecule has 1 saturated carbocycles. The summed E-state index contributed by atoms with van der Waals surface area (Å²) in [5.74, 6) is -0.0751. The van der Waals surface area contributed by atoms with Gasteiger partial charge in [0.05, 0.1) is 0 Å². The molecule has 0 atom stereocenters. The van der Waals surface area contributed by atoms with E-state index in [2.05, 4.69) is 36.3 Å². The zero-order valence-corrected chi connectivity index (χ0v) is 16.0. The van der Waals surface area contributed by atoms with Gasteiger partial charge in [-0.2, -0.15) is 0 Å². The second-order valence-electron chi connectivity index (χ2n) is 8.85. The Bertz CT molecular complexity index is 484. The lowest BCUT2D eigenvalue weighted by Gasteiger charge is -2.42. The molecule has 0 unspecified atom stereocenters. The predicted octanol–water partition coefficient (Wildman–Crippen LogP) is 2.42. The van der Waals surface area contributed by atoms with Crippen molar-refractivity contribution in [3.05, 3.63) is 0 Å². The number of alkyl carbamates (subject to hydrolysis) is 1. The van der Waals surface area contributed by atoms with Crippen LogP contribution >= 0.6 is 0 Å². The average Bonchev–Trinajstić information content (AvgIpc) is 3.17. The van der Waals surface area contributed by atoms with Crippen molar-refractivity contribution in [1.29, 1.82) is 0 Å². The van der Waals surface area contributed by atoms with Gasteiger partial charge in [0.15, 0.2) is 0 Å². The van der Waals surface area contributed by atoms with Crippen LogP contribution in [0.2, 0.25) is 0 Å². The summed E-state index contributed by atoms with van der Waals surface area (Å²) >= 11 is 0. The number of carbonyl (C=O) groups is 2. The molecule has 2 rings (SSSR count). The maximum absolute atomic E-state index is 12.7. The van der Waals surface area contributed by atoms with Crippen molar-refractivity contribution < 1.29 is 14.3 Å². The lowest BCUT2D eigenvalue weighted by atomic mass is 9.88. The van der Waals surface area contributed by atoms with Gasteiger partial charge in [0.25, 0.3) is 0 Å². The van der Waals surface area contributed by atoms with Gasteiger partial charge in [-0.05, 0) is 67.2 Å². The fourth-order valence-electron chi connectivity index (χ4n) is 3.09. The van der Waals surface area contributed by atoms with Gasteiger partial charge in [-0.1, -0.05) is 0 Å². The van der Waals surface area contributed by atoms with Gasteiger partial charge in [0.2, 0.25) is 5.91 Å². The number of hydrogen-bond acceptors (Lipinski definition) is 4. The molecule has 0 aromatic rings. The molecule has 6 heteroatoms. The number of hydrogen-bond donors (Lipinski definition) is 2. The Morgan fingerprint density at radius 2 is 1.58 bits per heavy atom. The van der Waals surface area contributed by atoms with Crippen LogP contribution in [0.1, 0.15) is 67.2 Å². The van der Waals surface area contributed by atoms with Crippen LogP contribution in [0.15, 0.2) is 0 Å². The first kappa shape index (κ1) is 19.0. The quantitative estimate of drug-likeness (QED) is 0.825. The molecule has 138 valence electrons. The molecule has 2 N–H and O–H groups in total. The summed E-state index contributed by atoms with van der Waals surface area (Å²) in [5.41, 5.74) is -1.54. The third-order valence-electron chi connectivity index (χ3n) is 4.97. The summed E-state index contributed by atoms with van der Waals surface area (Å²) < 4.78 is 5.28. The summed E-state index contributed by atoms with van der Waals surface area (Å²) in [6.45, 7) is 13.9. The highest BCUT2D eigenvalue weighted by molar-refractivity contribution is 5.93. The zero-order chi connectivity index (χ0) is 18.2. The van der Waals surface area contributed by atoms with Crippen LogP contribution in [0.25, 0.3) is 0 Å². The van der Waals surface area contributed by atoms with Gasteiger partial charge in [0.1, 0.15) is 11.1 Å². The van der Waals surface area contributed by atoms with Gasteiger partial charge < -0.3 is 20.3 Å². The van der Waals surface area contributed by atoms with Crippen LogP contribution in [0.5, 0.6) is 0 Å². The van der Waals surface area contributed by atoms with E-state index in [-0.39, 0.29) is 11.4 Å². The molecular weight excluding hydrogens is 306 g/mol. The molecule has 0 spiro atoms. The number of piperidine rings is 1. The monoisotopic (exact) mass is 339 g/mol. The SMILES string of the molecule is CC(C)N1CCC(C)(NC(=O)C2(NC(=O)OC(C)(C)C)CC2)CC1. The average molecular weight is 339 g/mol. The lowest BCUT2D eigenvalue weighted by Crippen LogP contribution is -2.59.